The van der Waals surface area contributed by atoms with E-state index in [0.29, 0.717) is 17.8 Å². The Morgan fingerprint density at radius 2 is 1.70 bits per heavy atom. The highest BCUT2D eigenvalue weighted by molar-refractivity contribution is 5.96. The van der Waals surface area contributed by atoms with E-state index in [2.05, 4.69) is 5.32 Å². The number of aromatic nitrogens is 1. The molecule has 3 rings (SSSR count). The monoisotopic (exact) mass is 409 g/mol. The van der Waals surface area contributed by atoms with Crippen molar-refractivity contribution < 1.29 is 19.8 Å². The Labute approximate surface area is 175 Å². The van der Waals surface area contributed by atoms with Gasteiger partial charge in [-0.25, -0.2) is 4.79 Å². The van der Waals surface area contributed by atoms with E-state index in [1.54, 1.807) is 45.0 Å². The minimum Gasteiger partial charge on any atom is -0.465 e. The van der Waals surface area contributed by atoms with E-state index >= 15 is 0 Å². The number of carbonyl (C=O) groups is 2. The van der Waals surface area contributed by atoms with Gasteiger partial charge in [0.05, 0.1) is 6.10 Å². The highest BCUT2D eigenvalue weighted by atomic mass is 16.4. The fourth-order valence-electron chi connectivity index (χ4n) is 3.44. The van der Waals surface area contributed by atoms with Crippen LogP contribution in [0.4, 0.5) is 10.5 Å². The molecule has 7 heteroatoms. The lowest BCUT2D eigenvalue weighted by molar-refractivity contribution is 0.0904. The molecule has 0 radical (unpaired) electrons. The molecule has 0 fully saturated rings. The standard InChI is InChI=1S/C23H27N3O4/c1-23(2,3)26(22(29)30)19-10-6-9-16(11-19)21(28)24-12-20(27)15-25-13-17-7-4-5-8-18(17)14-25/h4-11,13-14,20,27H,12,15H2,1-3H3,(H,24,28)(H,29,30). The van der Waals surface area contributed by atoms with Gasteiger partial charge in [0.15, 0.2) is 0 Å². The molecule has 3 N–H and O–H groups in total. The van der Waals surface area contributed by atoms with Crippen LogP contribution in [-0.2, 0) is 6.54 Å². The van der Waals surface area contributed by atoms with Crippen LogP contribution in [0.3, 0.4) is 0 Å². The number of aliphatic hydroxyl groups excluding tert-OH is 1. The van der Waals surface area contributed by atoms with Crippen molar-refractivity contribution >= 4 is 28.5 Å². The van der Waals surface area contributed by atoms with Crippen LogP contribution in [0.2, 0.25) is 0 Å². The summed E-state index contributed by atoms with van der Waals surface area (Å²) in [5.74, 6) is -0.368. The molecule has 0 saturated heterocycles. The number of carbonyl (C=O) groups excluding carboxylic acids is 1. The Morgan fingerprint density at radius 1 is 1.07 bits per heavy atom. The third-order valence-electron chi connectivity index (χ3n) is 4.75. The Morgan fingerprint density at radius 3 is 2.27 bits per heavy atom. The molecule has 1 aromatic heterocycles. The minimum absolute atomic E-state index is 0.0828. The second kappa shape index (κ2) is 8.59. The maximum Gasteiger partial charge on any atom is 0.412 e. The number of amides is 2. The molecule has 1 atom stereocenters. The zero-order chi connectivity index (χ0) is 21.9. The SMILES string of the molecule is CC(C)(C)N(C(=O)O)c1cccc(C(=O)NCC(O)Cn2cc3ccccc3c2)c1. The Hall–Kier alpha value is -3.32. The summed E-state index contributed by atoms with van der Waals surface area (Å²) in [6.07, 6.45) is 2.06. The zero-order valence-corrected chi connectivity index (χ0v) is 17.4. The smallest absolute Gasteiger partial charge is 0.412 e. The highest BCUT2D eigenvalue weighted by Crippen LogP contribution is 2.25. The van der Waals surface area contributed by atoms with Gasteiger partial charge in [-0.05, 0) is 49.7 Å². The Bertz CT molecular complexity index is 1020. The predicted octanol–water partition coefficient (Wildman–Crippen LogP) is 3.72. The van der Waals surface area contributed by atoms with E-state index in [4.69, 9.17) is 0 Å². The minimum atomic E-state index is -1.09. The van der Waals surface area contributed by atoms with E-state index in [1.165, 1.54) is 4.90 Å². The molecule has 0 aliphatic rings. The lowest BCUT2D eigenvalue weighted by atomic mass is 10.0. The Kier molecular flexibility index (Phi) is 6.12. The fraction of sp³-hybridized carbons (Fsp3) is 0.304. The molecule has 2 amide bonds. The summed E-state index contributed by atoms with van der Waals surface area (Å²) in [5.41, 5.74) is 0.0985. The van der Waals surface area contributed by atoms with Crippen LogP contribution in [-0.4, -0.2) is 45.0 Å². The number of hydrogen-bond acceptors (Lipinski definition) is 3. The lowest BCUT2D eigenvalue weighted by Crippen LogP contribution is -2.45. The average Bonchev–Trinajstić information content (AvgIpc) is 3.07. The number of nitrogens with zero attached hydrogens (tertiary/aromatic N) is 2. The topological polar surface area (TPSA) is 94.8 Å². The van der Waals surface area contributed by atoms with Crippen molar-refractivity contribution in [3.63, 3.8) is 0 Å². The third-order valence-corrected chi connectivity index (χ3v) is 4.75. The molecule has 0 aliphatic carbocycles. The molecule has 3 aromatic rings. The molecule has 1 unspecified atom stereocenters. The number of fused-ring (bicyclic) bond motifs is 1. The van der Waals surface area contributed by atoms with Crippen molar-refractivity contribution in [1.82, 2.24) is 9.88 Å². The summed E-state index contributed by atoms with van der Waals surface area (Å²) in [6, 6.07) is 14.4. The van der Waals surface area contributed by atoms with Gasteiger partial charge in [-0.3, -0.25) is 9.69 Å². The maximum atomic E-state index is 12.5. The third kappa shape index (κ3) is 4.99. The van der Waals surface area contributed by atoms with Gasteiger partial charge < -0.3 is 20.1 Å². The first-order valence-electron chi connectivity index (χ1n) is 9.79. The summed E-state index contributed by atoms with van der Waals surface area (Å²) in [5, 5.41) is 24.8. The number of aliphatic hydroxyl groups is 1. The number of benzene rings is 2. The van der Waals surface area contributed by atoms with E-state index in [9.17, 15) is 19.8 Å². The van der Waals surface area contributed by atoms with Crippen LogP contribution in [0.25, 0.3) is 10.8 Å². The summed E-state index contributed by atoms with van der Waals surface area (Å²) >= 11 is 0. The summed E-state index contributed by atoms with van der Waals surface area (Å²) in [7, 11) is 0. The molecule has 0 saturated carbocycles. The molecule has 1 heterocycles. The predicted molar refractivity (Wildman–Crippen MR) is 117 cm³/mol. The van der Waals surface area contributed by atoms with Gasteiger partial charge in [0.25, 0.3) is 5.91 Å². The van der Waals surface area contributed by atoms with Gasteiger partial charge in [-0.1, -0.05) is 30.3 Å². The van der Waals surface area contributed by atoms with Crippen molar-refractivity contribution in [3.05, 3.63) is 66.5 Å². The molecule has 0 spiro atoms. The van der Waals surface area contributed by atoms with Crippen LogP contribution >= 0.6 is 0 Å². The molecular formula is C23H27N3O4. The van der Waals surface area contributed by atoms with Gasteiger partial charge in [0.2, 0.25) is 0 Å². The van der Waals surface area contributed by atoms with E-state index in [0.717, 1.165) is 10.8 Å². The second-order valence-corrected chi connectivity index (χ2v) is 8.29. The van der Waals surface area contributed by atoms with Crippen molar-refractivity contribution in [2.75, 3.05) is 11.4 Å². The van der Waals surface area contributed by atoms with Gasteiger partial charge in [-0.15, -0.1) is 0 Å². The molecule has 0 bridgehead atoms. The van der Waals surface area contributed by atoms with Crippen LogP contribution in [0.5, 0.6) is 0 Å². The first-order valence-corrected chi connectivity index (χ1v) is 9.79. The van der Waals surface area contributed by atoms with Crippen molar-refractivity contribution in [2.45, 2.75) is 39.0 Å². The number of carboxylic acid groups (broad SMARTS) is 1. The molecule has 7 nitrogen and oxygen atoms in total. The van der Waals surface area contributed by atoms with Crippen LogP contribution in [0, 0.1) is 0 Å². The van der Waals surface area contributed by atoms with E-state index in [1.807, 2.05) is 41.2 Å². The van der Waals surface area contributed by atoms with Crippen LogP contribution in [0.1, 0.15) is 31.1 Å². The molecule has 0 aliphatic heterocycles. The quantitative estimate of drug-likeness (QED) is 0.578. The van der Waals surface area contributed by atoms with Gasteiger partial charge in [0, 0.05) is 42.3 Å². The first kappa shape index (κ1) is 21.4. The summed E-state index contributed by atoms with van der Waals surface area (Å²) < 4.78 is 1.90. The van der Waals surface area contributed by atoms with Crippen molar-refractivity contribution in [3.8, 4) is 0 Å². The number of nitrogens with one attached hydrogen (secondary N) is 1. The van der Waals surface area contributed by atoms with Crippen LogP contribution < -0.4 is 10.2 Å². The van der Waals surface area contributed by atoms with Crippen molar-refractivity contribution in [1.29, 1.82) is 0 Å². The van der Waals surface area contributed by atoms with E-state index < -0.39 is 17.7 Å². The molecular weight excluding hydrogens is 382 g/mol. The largest absolute Gasteiger partial charge is 0.465 e. The maximum absolute atomic E-state index is 12.5. The van der Waals surface area contributed by atoms with Crippen LogP contribution in [0.15, 0.2) is 60.9 Å². The Balaban J connectivity index is 1.63. The highest BCUT2D eigenvalue weighted by Gasteiger charge is 2.28. The normalized spacial score (nSPS) is 12.5. The summed E-state index contributed by atoms with van der Waals surface area (Å²) in [4.78, 5) is 25.4. The van der Waals surface area contributed by atoms with Gasteiger partial charge >= 0.3 is 6.09 Å². The second-order valence-electron chi connectivity index (χ2n) is 8.29. The van der Waals surface area contributed by atoms with Gasteiger partial charge in [-0.2, -0.15) is 0 Å². The lowest BCUT2D eigenvalue weighted by Gasteiger charge is -2.33. The van der Waals surface area contributed by atoms with E-state index in [-0.39, 0.29) is 12.5 Å². The molecule has 30 heavy (non-hydrogen) atoms. The number of hydrogen-bond donors (Lipinski definition) is 3. The fourth-order valence-corrected chi connectivity index (χ4v) is 3.44. The summed E-state index contributed by atoms with van der Waals surface area (Å²) in [6.45, 7) is 5.80. The molecule has 2 aromatic carbocycles. The van der Waals surface area contributed by atoms with Crippen molar-refractivity contribution in [2.24, 2.45) is 0 Å². The zero-order valence-electron chi connectivity index (χ0n) is 17.4. The number of rotatable bonds is 6. The number of anilines is 1. The average molecular weight is 409 g/mol. The van der Waals surface area contributed by atoms with Gasteiger partial charge in [0.1, 0.15) is 0 Å². The molecule has 158 valence electrons. The first-order chi connectivity index (χ1) is 14.1.